The number of piperidine rings is 1. The molecule has 0 saturated carbocycles. The molecule has 0 aliphatic carbocycles. The summed E-state index contributed by atoms with van der Waals surface area (Å²) in [5, 5.41) is 0. The Morgan fingerprint density at radius 1 is 1.37 bits per heavy atom. The van der Waals surface area contributed by atoms with Gasteiger partial charge in [-0.2, -0.15) is 0 Å². The van der Waals surface area contributed by atoms with Crippen LogP contribution in [0.2, 0.25) is 0 Å². The van der Waals surface area contributed by atoms with Crippen LogP contribution in [-0.2, 0) is 0 Å². The van der Waals surface area contributed by atoms with Crippen LogP contribution in [0.4, 0.5) is 5.69 Å². The summed E-state index contributed by atoms with van der Waals surface area (Å²) in [4.78, 5) is 18.2. The van der Waals surface area contributed by atoms with Crippen molar-refractivity contribution in [1.29, 1.82) is 0 Å². The monoisotopic (exact) mass is 261 g/mol. The normalized spacial score (nSPS) is 17.5. The van der Waals surface area contributed by atoms with Crippen molar-refractivity contribution >= 4 is 11.6 Å². The summed E-state index contributed by atoms with van der Waals surface area (Å²) in [7, 11) is 0. The fraction of sp³-hybridized carbons (Fsp3) is 0.600. The summed E-state index contributed by atoms with van der Waals surface area (Å²) >= 11 is 0. The predicted molar refractivity (Wildman–Crippen MR) is 76.7 cm³/mol. The van der Waals surface area contributed by atoms with Crippen molar-refractivity contribution in [2.45, 2.75) is 33.6 Å². The Morgan fingerprint density at radius 2 is 2.00 bits per heavy atom. The second kappa shape index (κ2) is 5.19. The van der Waals surface area contributed by atoms with Gasteiger partial charge in [-0.15, -0.1) is 0 Å². The zero-order valence-corrected chi connectivity index (χ0v) is 12.0. The van der Waals surface area contributed by atoms with Gasteiger partial charge in [0, 0.05) is 19.3 Å². The number of carbonyl (C=O) groups is 1. The second-order valence-electron chi connectivity index (χ2n) is 6.40. The molecule has 1 aromatic rings. The lowest BCUT2D eigenvalue weighted by Gasteiger charge is -2.38. The lowest BCUT2D eigenvalue weighted by molar-refractivity contribution is 0.0609. The number of nitrogens with two attached hydrogens (primary N) is 1. The van der Waals surface area contributed by atoms with Crippen molar-refractivity contribution in [3.05, 3.63) is 24.0 Å². The van der Waals surface area contributed by atoms with E-state index < -0.39 is 0 Å². The average Bonchev–Trinajstić information content (AvgIpc) is 2.38. The molecule has 2 N–H and O–H groups in total. The van der Waals surface area contributed by atoms with Crippen LogP contribution in [-0.4, -0.2) is 28.9 Å². The van der Waals surface area contributed by atoms with E-state index >= 15 is 0 Å². The van der Waals surface area contributed by atoms with Gasteiger partial charge in [-0.05, 0) is 30.2 Å². The minimum absolute atomic E-state index is 0.0345. The van der Waals surface area contributed by atoms with Crippen LogP contribution in [0.5, 0.6) is 0 Å². The van der Waals surface area contributed by atoms with E-state index in [1.54, 1.807) is 12.3 Å². The molecule has 1 fully saturated rings. The molecule has 0 radical (unpaired) electrons. The lowest BCUT2D eigenvalue weighted by Crippen LogP contribution is -2.41. The standard InChI is InChI=1S/C15H23N3O/c1-15(2,3)11-5-8-18(9-6-11)14(19)12-4-7-17-10-13(12)16/h4,7,10-11H,5-6,8-9,16H2,1-3H3. The van der Waals surface area contributed by atoms with E-state index in [1.165, 1.54) is 6.20 Å². The van der Waals surface area contributed by atoms with Gasteiger partial charge in [0.15, 0.2) is 0 Å². The number of amides is 1. The lowest BCUT2D eigenvalue weighted by atomic mass is 9.75. The number of hydrogen-bond donors (Lipinski definition) is 1. The van der Waals surface area contributed by atoms with Gasteiger partial charge in [-0.25, -0.2) is 0 Å². The molecule has 0 unspecified atom stereocenters. The van der Waals surface area contributed by atoms with Crippen LogP contribution < -0.4 is 5.73 Å². The molecular formula is C15H23N3O. The smallest absolute Gasteiger partial charge is 0.256 e. The third-order valence-electron chi connectivity index (χ3n) is 4.09. The molecule has 104 valence electrons. The fourth-order valence-electron chi connectivity index (χ4n) is 2.72. The zero-order chi connectivity index (χ0) is 14.0. The predicted octanol–water partition coefficient (Wildman–Crippen LogP) is 2.56. The molecule has 0 bridgehead atoms. The van der Waals surface area contributed by atoms with E-state index in [0.717, 1.165) is 25.9 Å². The van der Waals surface area contributed by atoms with Gasteiger partial charge in [0.05, 0.1) is 17.4 Å². The quantitative estimate of drug-likeness (QED) is 0.845. The van der Waals surface area contributed by atoms with Crippen molar-refractivity contribution in [3.63, 3.8) is 0 Å². The van der Waals surface area contributed by atoms with Gasteiger partial charge in [0.1, 0.15) is 0 Å². The highest BCUT2D eigenvalue weighted by Gasteiger charge is 2.30. The first-order chi connectivity index (χ1) is 8.89. The van der Waals surface area contributed by atoms with Gasteiger partial charge in [-0.1, -0.05) is 20.8 Å². The Hall–Kier alpha value is -1.58. The van der Waals surface area contributed by atoms with Gasteiger partial charge in [0.2, 0.25) is 0 Å². The maximum absolute atomic E-state index is 12.4. The van der Waals surface area contributed by atoms with Gasteiger partial charge in [0.25, 0.3) is 5.91 Å². The first-order valence-corrected chi connectivity index (χ1v) is 6.88. The molecule has 2 heterocycles. The highest BCUT2D eigenvalue weighted by atomic mass is 16.2. The first kappa shape index (κ1) is 13.8. The van der Waals surface area contributed by atoms with Crippen LogP contribution in [0, 0.1) is 11.3 Å². The van der Waals surface area contributed by atoms with Crippen molar-refractivity contribution in [2.75, 3.05) is 18.8 Å². The minimum atomic E-state index is 0.0345. The maximum Gasteiger partial charge on any atom is 0.256 e. The summed E-state index contributed by atoms with van der Waals surface area (Å²) in [6.07, 6.45) is 5.29. The Morgan fingerprint density at radius 3 is 2.53 bits per heavy atom. The van der Waals surface area contributed by atoms with E-state index in [2.05, 4.69) is 25.8 Å². The summed E-state index contributed by atoms with van der Waals surface area (Å²) < 4.78 is 0. The molecule has 1 saturated heterocycles. The number of rotatable bonds is 1. The molecule has 0 aromatic carbocycles. The summed E-state index contributed by atoms with van der Waals surface area (Å²) in [6, 6.07) is 1.70. The van der Waals surface area contributed by atoms with Crippen LogP contribution in [0.25, 0.3) is 0 Å². The number of pyridine rings is 1. The molecule has 0 spiro atoms. The number of carbonyl (C=O) groups excluding carboxylic acids is 1. The number of nitrogens with zero attached hydrogens (tertiary/aromatic N) is 2. The molecule has 1 aliphatic rings. The molecule has 1 amide bonds. The van der Waals surface area contributed by atoms with Crippen LogP contribution >= 0.6 is 0 Å². The number of anilines is 1. The molecule has 19 heavy (non-hydrogen) atoms. The van der Waals surface area contributed by atoms with Gasteiger partial charge >= 0.3 is 0 Å². The van der Waals surface area contributed by atoms with E-state index in [9.17, 15) is 4.79 Å². The van der Waals surface area contributed by atoms with Crippen LogP contribution in [0.3, 0.4) is 0 Å². The highest BCUT2D eigenvalue weighted by molar-refractivity contribution is 5.98. The number of aromatic nitrogens is 1. The molecule has 1 aromatic heterocycles. The number of likely N-dealkylation sites (tertiary alicyclic amines) is 1. The minimum Gasteiger partial charge on any atom is -0.397 e. The molecule has 4 heteroatoms. The van der Waals surface area contributed by atoms with Crippen LogP contribution in [0.15, 0.2) is 18.5 Å². The Balaban J connectivity index is 2.03. The SMILES string of the molecule is CC(C)(C)C1CCN(C(=O)c2ccncc2N)CC1. The molecule has 2 rings (SSSR count). The molecule has 4 nitrogen and oxygen atoms in total. The summed E-state index contributed by atoms with van der Waals surface area (Å²) in [5.41, 5.74) is 7.18. The maximum atomic E-state index is 12.4. The average molecular weight is 261 g/mol. The zero-order valence-electron chi connectivity index (χ0n) is 12.0. The third kappa shape index (κ3) is 3.06. The summed E-state index contributed by atoms with van der Waals surface area (Å²) in [6.45, 7) is 8.47. The molecule has 1 aliphatic heterocycles. The summed E-state index contributed by atoms with van der Waals surface area (Å²) in [5.74, 6) is 0.721. The Labute approximate surface area is 115 Å². The van der Waals surface area contributed by atoms with Crippen molar-refractivity contribution in [3.8, 4) is 0 Å². The van der Waals surface area contributed by atoms with E-state index in [-0.39, 0.29) is 5.91 Å². The Kier molecular flexibility index (Phi) is 3.78. The second-order valence-corrected chi connectivity index (χ2v) is 6.40. The topological polar surface area (TPSA) is 59.2 Å². The third-order valence-corrected chi connectivity index (χ3v) is 4.09. The molecule has 0 atom stereocenters. The molecular weight excluding hydrogens is 238 g/mol. The van der Waals surface area contributed by atoms with Crippen molar-refractivity contribution < 1.29 is 4.79 Å². The van der Waals surface area contributed by atoms with Gasteiger partial charge in [-0.3, -0.25) is 9.78 Å². The number of nitrogen functional groups attached to an aromatic ring is 1. The van der Waals surface area contributed by atoms with Crippen LogP contribution in [0.1, 0.15) is 44.0 Å². The first-order valence-electron chi connectivity index (χ1n) is 6.88. The highest BCUT2D eigenvalue weighted by Crippen LogP contribution is 2.34. The largest absolute Gasteiger partial charge is 0.397 e. The Bertz CT molecular complexity index is 457. The van der Waals surface area contributed by atoms with E-state index in [4.69, 9.17) is 5.73 Å². The van der Waals surface area contributed by atoms with E-state index in [0.29, 0.717) is 22.6 Å². The van der Waals surface area contributed by atoms with Crippen molar-refractivity contribution in [1.82, 2.24) is 9.88 Å². The van der Waals surface area contributed by atoms with E-state index in [1.807, 2.05) is 4.90 Å². The fourth-order valence-corrected chi connectivity index (χ4v) is 2.72. The van der Waals surface area contributed by atoms with Gasteiger partial charge < -0.3 is 10.6 Å². The number of hydrogen-bond acceptors (Lipinski definition) is 3. The van der Waals surface area contributed by atoms with Crippen molar-refractivity contribution in [2.24, 2.45) is 11.3 Å².